The maximum atomic E-state index is 3.63. The van der Waals surface area contributed by atoms with Gasteiger partial charge >= 0.3 is 0 Å². The van der Waals surface area contributed by atoms with Crippen LogP contribution >= 0.6 is 15.9 Å². The standard InChI is InChI=1S/C7H13Br/c1-6-3-2-4-7(8)5-6/h6-7H,2-5H2,1H3/t6-,7-/m1/s1. The van der Waals surface area contributed by atoms with E-state index in [1.54, 1.807) is 0 Å². The molecule has 0 nitrogen and oxygen atoms in total. The number of hydrogen-bond acceptors (Lipinski definition) is 0. The Hall–Kier alpha value is 0.480. The highest BCUT2D eigenvalue weighted by atomic mass is 79.9. The van der Waals surface area contributed by atoms with Crippen molar-refractivity contribution in [3.63, 3.8) is 0 Å². The molecule has 1 aliphatic rings. The molecule has 1 aliphatic carbocycles. The van der Waals surface area contributed by atoms with E-state index in [1.807, 2.05) is 0 Å². The van der Waals surface area contributed by atoms with Crippen molar-refractivity contribution in [1.29, 1.82) is 0 Å². The zero-order chi connectivity index (χ0) is 5.98. The van der Waals surface area contributed by atoms with E-state index in [0.29, 0.717) is 0 Å². The summed E-state index contributed by atoms with van der Waals surface area (Å²) in [5.74, 6) is 0.966. The lowest BCUT2D eigenvalue weighted by Crippen LogP contribution is -2.11. The topological polar surface area (TPSA) is 0 Å². The summed E-state index contributed by atoms with van der Waals surface area (Å²) in [7, 11) is 0. The van der Waals surface area contributed by atoms with Crippen molar-refractivity contribution >= 4 is 15.9 Å². The molecular formula is C7H13Br. The third-order valence-corrected chi connectivity index (χ3v) is 2.70. The Morgan fingerprint density at radius 3 is 2.50 bits per heavy atom. The predicted molar refractivity (Wildman–Crippen MR) is 40.3 cm³/mol. The van der Waals surface area contributed by atoms with Gasteiger partial charge in [-0.25, -0.2) is 0 Å². The van der Waals surface area contributed by atoms with Crippen molar-refractivity contribution in [1.82, 2.24) is 0 Å². The van der Waals surface area contributed by atoms with Crippen molar-refractivity contribution in [3.05, 3.63) is 0 Å². The number of hydrogen-bond donors (Lipinski definition) is 0. The first-order valence-electron chi connectivity index (χ1n) is 3.43. The van der Waals surface area contributed by atoms with Crippen LogP contribution in [-0.2, 0) is 0 Å². The van der Waals surface area contributed by atoms with Crippen LogP contribution in [0.5, 0.6) is 0 Å². The summed E-state index contributed by atoms with van der Waals surface area (Å²) in [4.78, 5) is 0.825. The molecule has 8 heavy (non-hydrogen) atoms. The van der Waals surface area contributed by atoms with Crippen LogP contribution in [0.15, 0.2) is 0 Å². The molecule has 0 saturated heterocycles. The molecule has 0 aromatic carbocycles. The number of alkyl halides is 1. The molecule has 1 rings (SSSR count). The summed E-state index contributed by atoms with van der Waals surface area (Å²) in [6, 6.07) is 0. The van der Waals surface area contributed by atoms with Gasteiger partial charge in [0.2, 0.25) is 0 Å². The molecule has 0 amide bonds. The first kappa shape index (κ1) is 6.60. The molecular weight excluding hydrogens is 164 g/mol. The van der Waals surface area contributed by atoms with Gasteiger partial charge in [-0.1, -0.05) is 35.7 Å². The Bertz CT molecular complexity index is 62.8. The van der Waals surface area contributed by atoms with Crippen LogP contribution < -0.4 is 0 Å². The second-order valence-corrected chi connectivity index (χ2v) is 4.16. The molecule has 1 fully saturated rings. The lowest BCUT2D eigenvalue weighted by atomic mass is 9.91. The third-order valence-electron chi connectivity index (χ3n) is 1.87. The molecule has 0 aliphatic heterocycles. The van der Waals surface area contributed by atoms with E-state index in [9.17, 15) is 0 Å². The van der Waals surface area contributed by atoms with Gasteiger partial charge in [0.1, 0.15) is 0 Å². The molecule has 0 aromatic rings. The molecule has 0 unspecified atom stereocenters. The fraction of sp³-hybridized carbons (Fsp3) is 1.00. The lowest BCUT2D eigenvalue weighted by molar-refractivity contribution is 0.398. The van der Waals surface area contributed by atoms with Crippen LogP contribution in [0.1, 0.15) is 32.6 Å². The van der Waals surface area contributed by atoms with Crippen molar-refractivity contribution < 1.29 is 0 Å². The number of halogens is 1. The molecule has 48 valence electrons. The highest BCUT2D eigenvalue weighted by Crippen LogP contribution is 2.27. The molecule has 0 N–H and O–H groups in total. The fourth-order valence-electron chi connectivity index (χ4n) is 1.36. The molecule has 1 heteroatoms. The molecule has 0 aromatic heterocycles. The van der Waals surface area contributed by atoms with Crippen LogP contribution in [0.4, 0.5) is 0 Å². The van der Waals surface area contributed by atoms with Crippen molar-refractivity contribution in [2.45, 2.75) is 37.4 Å². The van der Waals surface area contributed by atoms with Gasteiger partial charge in [-0.2, -0.15) is 0 Å². The van der Waals surface area contributed by atoms with E-state index >= 15 is 0 Å². The van der Waals surface area contributed by atoms with Crippen molar-refractivity contribution in [3.8, 4) is 0 Å². The van der Waals surface area contributed by atoms with E-state index in [-0.39, 0.29) is 0 Å². The highest BCUT2D eigenvalue weighted by Gasteiger charge is 2.14. The minimum Gasteiger partial charge on any atom is -0.0891 e. The van der Waals surface area contributed by atoms with Gasteiger partial charge in [0, 0.05) is 4.83 Å². The summed E-state index contributed by atoms with van der Waals surface area (Å²) in [6.07, 6.45) is 5.66. The quantitative estimate of drug-likeness (QED) is 0.499. The van der Waals surface area contributed by atoms with Gasteiger partial charge in [0.05, 0.1) is 0 Å². The van der Waals surface area contributed by atoms with Gasteiger partial charge in [-0.15, -0.1) is 0 Å². The average Bonchev–Trinajstić information content (AvgIpc) is 1.64. The van der Waals surface area contributed by atoms with Gasteiger partial charge in [-0.3, -0.25) is 0 Å². The summed E-state index contributed by atoms with van der Waals surface area (Å²) in [5, 5.41) is 0. The Balaban J connectivity index is 2.23. The van der Waals surface area contributed by atoms with E-state index in [0.717, 1.165) is 10.7 Å². The average molecular weight is 177 g/mol. The van der Waals surface area contributed by atoms with Gasteiger partial charge in [0.15, 0.2) is 0 Å². The monoisotopic (exact) mass is 176 g/mol. The zero-order valence-corrected chi connectivity index (χ0v) is 6.95. The second-order valence-electron chi connectivity index (χ2n) is 2.87. The van der Waals surface area contributed by atoms with Gasteiger partial charge < -0.3 is 0 Å². The molecule has 0 heterocycles. The first-order valence-corrected chi connectivity index (χ1v) is 4.34. The number of rotatable bonds is 0. The van der Waals surface area contributed by atoms with Crippen LogP contribution in [0.3, 0.4) is 0 Å². The smallest absolute Gasteiger partial charge is 0.0148 e. The normalized spacial score (nSPS) is 39.8. The Kier molecular flexibility index (Phi) is 2.36. The van der Waals surface area contributed by atoms with E-state index < -0.39 is 0 Å². The minimum atomic E-state index is 0.825. The fourth-order valence-corrected chi connectivity index (χ4v) is 2.32. The minimum absolute atomic E-state index is 0.825. The molecule has 0 spiro atoms. The maximum absolute atomic E-state index is 3.63. The lowest BCUT2D eigenvalue weighted by Gasteiger charge is -2.21. The second kappa shape index (κ2) is 2.86. The SMILES string of the molecule is C[C@@H]1CCC[C@@H](Br)C1. The Morgan fingerprint density at radius 2 is 2.12 bits per heavy atom. The van der Waals surface area contributed by atoms with Crippen LogP contribution in [0, 0.1) is 5.92 Å². The van der Waals surface area contributed by atoms with Crippen LogP contribution in [0.25, 0.3) is 0 Å². The first-order chi connectivity index (χ1) is 3.79. The molecule has 1 saturated carbocycles. The van der Waals surface area contributed by atoms with Crippen molar-refractivity contribution in [2.24, 2.45) is 5.92 Å². The molecule has 2 atom stereocenters. The van der Waals surface area contributed by atoms with Crippen LogP contribution in [-0.4, -0.2) is 4.83 Å². The van der Waals surface area contributed by atoms with Gasteiger partial charge in [0.25, 0.3) is 0 Å². The Labute approximate surface area is 59.8 Å². The maximum Gasteiger partial charge on any atom is 0.0148 e. The molecule has 0 radical (unpaired) electrons. The van der Waals surface area contributed by atoms with Gasteiger partial charge in [-0.05, 0) is 18.8 Å². The van der Waals surface area contributed by atoms with E-state index in [1.165, 1.54) is 25.7 Å². The zero-order valence-electron chi connectivity index (χ0n) is 5.36. The highest BCUT2D eigenvalue weighted by molar-refractivity contribution is 9.09. The predicted octanol–water partition coefficient (Wildman–Crippen LogP) is 2.96. The van der Waals surface area contributed by atoms with Crippen LogP contribution in [0.2, 0.25) is 0 Å². The summed E-state index contributed by atoms with van der Waals surface area (Å²) >= 11 is 3.63. The largest absolute Gasteiger partial charge is 0.0891 e. The van der Waals surface area contributed by atoms with E-state index in [4.69, 9.17) is 0 Å². The molecule has 0 bridgehead atoms. The summed E-state index contributed by atoms with van der Waals surface area (Å²) < 4.78 is 0. The summed E-state index contributed by atoms with van der Waals surface area (Å²) in [5.41, 5.74) is 0. The van der Waals surface area contributed by atoms with E-state index in [2.05, 4.69) is 22.9 Å². The summed E-state index contributed by atoms with van der Waals surface area (Å²) in [6.45, 7) is 2.34. The Morgan fingerprint density at radius 1 is 1.38 bits per heavy atom. The van der Waals surface area contributed by atoms with Crippen molar-refractivity contribution in [2.75, 3.05) is 0 Å². The third kappa shape index (κ3) is 1.77.